The van der Waals surface area contributed by atoms with E-state index in [9.17, 15) is 22.8 Å². The molecule has 1 saturated heterocycles. The third-order valence-electron chi connectivity index (χ3n) is 5.48. The molecule has 0 aliphatic carbocycles. The zero-order valence-electron chi connectivity index (χ0n) is 16.7. The van der Waals surface area contributed by atoms with Gasteiger partial charge in [-0.25, -0.2) is 4.98 Å². The molecule has 164 valence electrons. The molecule has 7 nitrogen and oxygen atoms in total. The highest BCUT2D eigenvalue weighted by Crippen LogP contribution is 2.29. The van der Waals surface area contributed by atoms with Crippen LogP contribution in [0.3, 0.4) is 0 Å². The number of halogens is 3. The van der Waals surface area contributed by atoms with Gasteiger partial charge in [-0.15, -0.1) is 0 Å². The fraction of sp³-hybridized carbons (Fsp3) is 0.381. The molecular formula is C21H22F3N5O2. The van der Waals surface area contributed by atoms with Crippen LogP contribution in [-0.4, -0.2) is 54.4 Å². The number of nitrogens with one attached hydrogen (secondary N) is 2. The maximum Gasteiger partial charge on any atom is 0.417 e. The van der Waals surface area contributed by atoms with Crippen LogP contribution in [0.2, 0.25) is 0 Å². The lowest BCUT2D eigenvalue weighted by Gasteiger charge is -2.35. The molecule has 0 radical (unpaired) electrons. The van der Waals surface area contributed by atoms with Crippen LogP contribution < -0.4 is 15.5 Å². The first-order valence-corrected chi connectivity index (χ1v) is 10.0. The predicted octanol–water partition coefficient (Wildman–Crippen LogP) is 2.75. The van der Waals surface area contributed by atoms with Crippen LogP contribution in [0.1, 0.15) is 17.5 Å². The standard InChI is InChI=1S/C21H22F3N5O2/c22-21(23,24)15-2-5-18(26-12-15)28-7-9-29(10-8-28)20(31)13-25-16-3-4-17-14(11-16)1-6-19(30)27-17/h2-5,11-12,25H,1,6-10,13H2,(H,27,30). The van der Waals surface area contributed by atoms with Gasteiger partial charge in [0.25, 0.3) is 0 Å². The number of nitrogens with zero attached hydrogens (tertiary/aromatic N) is 3. The fourth-order valence-corrected chi connectivity index (χ4v) is 3.71. The van der Waals surface area contributed by atoms with E-state index in [1.54, 1.807) is 4.90 Å². The Bertz CT molecular complexity index is 970. The van der Waals surface area contributed by atoms with E-state index in [0.29, 0.717) is 44.8 Å². The molecule has 10 heteroatoms. The normalized spacial score (nSPS) is 16.5. The largest absolute Gasteiger partial charge is 0.417 e. The van der Waals surface area contributed by atoms with E-state index in [1.165, 1.54) is 6.07 Å². The third kappa shape index (κ3) is 4.89. The second-order valence-electron chi connectivity index (χ2n) is 7.54. The maximum absolute atomic E-state index is 12.7. The van der Waals surface area contributed by atoms with Crippen LogP contribution in [0.4, 0.5) is 30.4 Å². The second kappa shape index (κ2) is 8.44. The van der Waals surface area contributed by atoms with Crippen molar-refractivity contribution in [1.82, 2.24) is 9.88 Å². The molecule has 2 aliphatic heterocycles. The van der Waals surface area contributed by atoms with Gasteiger partial charge >= 0.3 is 6.18 Å². The monoisotopic (exact) mass is 433 g/mol. The van der Waals surface area contributed by atoms with Crippen molar-refractivity contribution in [3.63, 3.8) is 0 Å². The summed E-state index contributed by atoms with van der Waals surface area (Å²) in [6.45, 7) is 2.09. The van der Waals surface area contributed by atoms with E-state index in [-0.39, 0.29) is 18.4 Å². The average Bonchev–Trinajstić information content (AvgIpc) is 2.77. The topological polar surface area (TPSA) is 77.6 Å². The summed E-state index contributed by atoms with van der Waals surface area (Å²) in [5, 5.41) is 5.95. The molecular weight excluding hydrogens is 411 g/mol. The van der Waals surface area contributed by atoms with Crippen molar-refractivity contribution in [1.29, 1.82) is 0 Å². The van der Waals surface area contributed by atoms with Crippen molar-refractivity contribution in [3.05, 3.63) is 47.7 Å². The van der Waals surface area contributed by atoms with Crippen molar-refractivity contribution >= 4 is 29.0 Å². The van der Waals surface area contributed by atoms with Gasteiger partial charge in [-0.3, -0.25) is 9.59 Å². The zero-order chi connectivity index (χ0) is 22.0. The van der Waals surface area contributed by atoms with Gasteiger partial charge in [0.05, 0.1) is 12.1 Å². The van der Waals surface area contributed by atoms with Crippen molar-refractivity contribution in [2.75, 3.05) is 48.3 Å². The zero-order valence-corrected chi connectivity index (χ0v) is 16.7. The van der Waals surface area contributed by atoms with Crippen molar-refractivity contribution in [2.24, 2.45) is 0 Å². The van der Waals surface area contributed by atoms with Crippen LogP contribution in [0.15, 0.2) is 36.5 Å². The van der Waals surface area contributed by atoms with E-state index in [4.69, 9.17) is 0 Å². The second-order valence-corrected chi connectivity index (χ2v) is 7.54. The van der Waals surface area contributed by atoms with Crippen LogP contribution in [0.5, 0.6) is 0 Å². The summed E-state index contributed by atoms with van der Waals surface area (Å²) < 4.78 is 38.0. The quantitative estimate of drug-likeness (QED) is 0.776. The van der Waals surface area contributed by atoms with Gasteiger partial charge in [0.1, 0.15) is 5.82 Å². The Balaban J connectivity index is 1.27. The predicted molar refractivity (Wildman–Crippen MR) is 110 cm³/mol. The summed E-state index contributed by atoms with van der Waals surface area (Å²) in [5.74, 6) is 0.430. The maximum atomic E-state index is 12.7. The Labute approximate surface area is 177 Å². The number of fused-ring (bicyclic) bond motifs is 1. The summed E-state index contributed by atoms with van der Waals surface area (Å²) in [7, 11) is 0. The Morgan fingerprint density at radius 2 is 1.87 bits per heavy atom. The first-order chi connectivity index (χ1) is 14.8. The van der Waals surface area contributed by atoms with Gasteiger partial charge in [0.2, 0.25) is 11.8 Å². The fourth-order valence-electron chi connectivity index (χ4n) is 3.71. The molecule has 0 saturated carbocycles. The molecule has 0 bridgehead atoms. The molecule has 3 heterocycles. The number of amides is 2. The highest BCUT2D eigenvalue weighted by atomic mass is 19.4. The Morgan fingerprint density at radius 1 is 1.10 bits per heavy atom. The molecule has 2 aliphatic rings. The van der Waals surface area contributed by atoms with E-state index in [2.05, 4.69) is 15.6 Å². The number of hydrogen-bond acceptors (Lipinski definition) is 5. The van der Waals surface area contributed by atoms with Crippen LogP contribution in [0, 0.1) is 0 Å². The van der Waals surface area contributed by atoms with Gasteiger partial charge in [-0.1, -0.05) is 0 Å². The number of aromatic nitrogens is 1. The van der Waals surface area contributed by atoms with E-state index in [0.717, 1.165) is 29.2 Å². The minimum absolute atomic E-state index is 0.00836. The lowest BCUT2D eigenvalue weighted by Crippen LogP contribution is -2.50. The smallest absolute Gasteiger partial charge is 0.376 e. The van der Waals surface area contributed by atoms with Gasteiger partial charge < -0.3 is 20.4 Å². The number of anilines is 3. The highest BCUT2D eigenvalue weighted by Gasteiger charge is 2.31. The Kier molecular flexibility index (Phi) is 5.71. The number of carbonyl (C=O) groups is 2. The molecule has 2 amide bonds. The number of aryl methyl sites for hydroxylation is 1. The molecule has 4 rings (SSSR count). The summed E-state index contributed by atoms with van der Waals surface area (Å²) in [5.41, 5.74) is 1.88. The summed E-state index contributed by atoms with van der Waals surface area (Å²) in [6.07, 6.45) is -2.45. The van der Waals surface area contributed by atoms with Crippen molar-refractivity contribution in [3.8, 4) is 0 Å². The molecule has 2 N–H and O–H groups in total. The summed E-state index contributed by atoms with van der Waals surface area (Å²) in [4.78, 5) is 31.5. The number of pyridine rings is 1. The molecule has 1 aromatic heterocycles. The Morgan fingerprint density at radius 3 is 2.55 bits per heavy atom. The van der Waals surface area contributed by atoms with E-state index < -0.39 is 11.7 Å². The SMILES string of the molecule is O=C1CCc2cc(NCC(=O)N3CCN(c4ccc(C(F)(F)F)cn4)CC3)ccc2N1. The molecule has 1 fully saturated rings. The van der Waals surface area contributed by atoms with Crippen LogP contribution >= 0.6 is 0 Å². The van der Waals surface area contributed by atoms with Crippen molar-refractivity contribution < 1.29 is 22.8 Å². The summed E-state index contributed by atoms with van der Waals surface area (Å²) in [6, 6.07) is 7.98. The van der Waals surface area contributed by atoms with Crippen molar-refractivity contribution in [2.45, 2.75) is 19.0 Å². The number of hydrogen-bond donors (Lipinski definition) is 2. The van der Waals surface area contributed by atoms with Gasteiger partial charge in [-0.2, -0.15) is 13.2 Å². The van der Waals surface area contributed by atoms with E-state index >= 15 is 0 Å². The molecule has 0 unspecified atom stereocenters. The highest BCUT2D eigenvalue weighted by molar-refractivity contribution is 5.94. The first-order valence-electron chi connectivity index (χ1n) is 10.0. The number of piperazine rings is 1. The lowest BCUT2D eigenvalue weighted by atomic mass is 10.0. The van der Waals surface area contributed by atoms with Gasteiger partial charge in [0.15, 0.2) is 0 Å². The first kappa shape index (κ1) is 21.0. The molecule has 2 aromatic rings. The molecule has 0 atom stereocenters. The molecule has 1 aromatic carbocycles. The van der Waals surface area contributed by atoms with Gasteiger partial charge in [-0.05, 0) is 42.3 Å². The van der Waals surface area contributed by atoms with Crippen LogP contribution in [-0.2, 0) is 22.2 Å². The Hall–Kier alpha value is -3.30. The minimum atomic E-state index is -4.41. The number of carbonyl (C=O) groups excluding carboxylic acids is 2. The van der Waals surface area contributed by atoms with Gasteiger partial charge in [0, 0.05) is 50.2 Å². The minimum Gasteiger partial charge on any atom is -0.376 e. The molecule has 0 spiro atoms. The number of alkyl halides is 3. The van der Waals surface area contributed by atoms with Crippen LogP contribution in [0.25, 0.3) is 0 Å². The number of benzene rings is 1. The van der Waals surface area contributed by atoms with E-state index in [1.807, 2.05) is 23.1 Å². The average molecular weight is 433 g/mol. The number of rotatable bonds is 4. The summed E-state index contributed by atoms with van der Waals surface area (Å²) >= 11 is 0. The lowest BCUT2D eigenvalue weighted by molar-refractivity contribution is -0.137. The molecule has 31 heavy (non-hydrogen) atoms. The third-order valence-corrected chi connectivity index (χ3v) is 5.48.